The third kappa shape index (κ3) is 2.68. The molecule has 2 rings (SSSR count). The van der Waals surface area contributed by atoms with E-state index in [1.807, 2.05) is 6.92 Å². The highest BCUT2D eigenvalue weighted by Gasteiger charge is 2.31. The first-order valence-electron chi connectivity index (χ1n) is 6.60. The Labute approximate surface area is 116 Å². The minimum absolute atomic E-state index is 0.0849. The number of para-hydroxylation sites is 1. The molecule has 1 fully saturated rings. The number of amides is 1. The number of hydrogen-bond donors (Lipinski definition) is 0. The van der Waals surface area contributed by atoms with Gasteiger partial charge in [-0.2, -0.15) is 0 Å². The molecule has 1 aromatic rings. The van der Waals surface area contributed by atoms with E-state index < -0.39 is 4.92 Å². The van der Waals surface area contributed by atoms with Crippen LogP contribution in [0.3, 0.4) is 0 Å². The summed E-state index contributed by atoms with van der Waals surface area (Å²) in [6, 6.07) is 5.91. The van der Waals surface area contributed by atoms with Crippen molar-refractivity contribution in [2.45, 2.75) is 19.8 Å². The Balaban J connectivity index is 2.24. The van der Waals surface area contributed by atoms with Crippen LogP contribution < -0.4 is 0 Å². The molecular weight excluding hydrogens is 260 g/mol. The summed E-state index contributed by atoms with van der Waals surface area (Å²) in [5, 5.41) is 11.0. The summed E-state index contributed by atoms with van der Waals surface area (Å²) in [4.78, 5) is 36.0. The van der Waals surface area contributed by atoms with Crippen LogP contribution in [0.15, 0.2) is 24.3 Å². The molecule has 6 heteroatoms. The van der Waals surface area contributed by atoms with Crippen molar-refractivity contribution in [2.24, 2.45) is 5.92 Å². The molecule has 1 aromatic carbocycles. The summed E-state index contributed by atoms with van der Waals surface area (Å²) in [7, 11) is 0. The third-order valence-corrected chi connectivity index (χ3v) is 3.64. The van der Waals surface area contributed by atoms with Gasteiger partial charge in [0.2, 0.25) is 0 Å². The Morgan fingerprint density at radius 1 is 1.45 bits per heavy atom. The van der Waals surface area contributed by atoms with Crippen molar-refractivity contribution < 1.29 is 14.5 Å². The van der Waals surface area contributed by atoms with E-state index in [-0.39, 0.29) is 28.9 Å². The molecule has 1 aliphatic rings. The van der Waals surface area contributed by atoms with Crippen LogP contribution >= 0.6 is 0 Å². The molecule has 1 unspecified atom stereocenters. The zero-order chi connectivity index (χ0) is 14.7. The van der Waals surface area contributed by atoms with E-state index in [2.05, 4.69) is 0 Å². The summed E-state index contributed by atoms with van der Waals surface area (Å²) in [5.41, 5.74) is -0.107. The third-order valence-electron chi connectivity index (χ3n) is 3.64. The van der Waals surface area contributed by atoms with Crippen molar-refractivity contribution in [3.8, 4) is 0 Å². The summed E-state index contributed by atoms with van der Waals surface area (Å²) in [5.74, 6) is -0.363. The van der Waals surface area contributed by atoms with Gasteiger partial charge in [0, 0.05) is 31.5 Å². The minimum atomic E-state index is -0.556. The number of Topliss-reactive ketones (excluding diaryl/α,β-unsaturated/α-hetero) is 1. The molecule has 1 heterocycles. The average molecular weight is 276 g/mol. The molecule has 1 amide bonds. The van der Waals surface area contributed by atoms with Crippen LogP contribution in [0.2, 0.25) is 0 Å². The molecule has 0 N–H and O–H groups in total. The number of benzene rings is 1. The highest BCUT2D eigenvalue weighted by atomic mass is 16.6. The zero-order valence-electron chi connectivity index (χ0n) is 11.2. The maximum Gasteiger partial charge on any atom is 0.282 e. The SMILES string of the molecule is CCC1CN(C(=O)c2ccccc2[N+](=O)[O-])CCC1=O. The van der Waals surface area contributed by atoms with E-state index in [4.69, 9.17) is 0 Å². The van der Waals surface area contributed by atoms with E-state index in [1.54, 1.807) is 6.07 Å². The van der Waals surface area contributed by atoms with Gasteiger partial charge in [-0.05, 0) is 12.5 Å². The fourth-order valence-corrected chi connectivity index (χ4v) is 2.43. The first-order valence-corrected chi connectivity index (χ1v) is 6.60. The highest BCUT2D eigenvalue weighted by molar-refractivity contribution is 5.99. The molecular formula is C14H16N2O4. The van der Waals surface area contributed by atoms with E-state index in [0.29, 0.717) is 25.9 Å². The van der Waals surface area contributed by atoms with Gasteiger partial charge in [-0.1, -0.05) is 19.1 Å². The number of nitrogens with zero attached hydrogens (tertiary/aromatic N) is 2. The fraction of sp³-hybridized carbons (Fsp3) is 0.429. The number of carbonyl (C=O) groups is 2. The van der Waals surface area contributed by atoms with E-state index >= 15 is 0 Å². The largest absolute Gasteiger partial charge is 0.337 e. The Morgan fingerprint density at radius 2 is 2.15 bits per heavy atom. The molecule has 0 saturated carbocycles. The standard InChI is InChI=1S/C14H16N2O4/c1-2-10-9-15(8-7-13(10)17)14(18)11-5-3-4-6-12(11)16(19)20/h3-6,10H,2,7-9H2,1H3. The molecule has 0 radical (unpaired) electrons. The van der Waals surface area contributed by atoms with Crippen LogP contribution in [-0.4, -0.2) is 34.6 Å². The van der Waals surface area contributed by atoms with Crippen molar-refractivity contribution in [3.63, 3.8) is 0 Å². The van der Waals surface area contributed by atoms with Crippen LogP contribution in [0.4, 0.5) is 5.69 Å². The topological polar surface area (TPSA) is 80.5 Å². The fourth-order valence-electron chi connectivity index (χ4n) is 2.43. The lowest BCUT2D eigenvalue weighted by Crippen LogP contribution is -2.44. The summed E-state index contributed by atoms with van der Waals surface area (Å²) >= 11 is 0. The number of likely N-dealkylation sites (tertiary alicyclic amines) is 1. The van der Waals surface area contributed by atoms with Gasteiger partial charge in [0.05, 0.1) is 4.92 Å². The quantitative estimate of drug-likeness (QED) is 0.625. The van der Waals surface area contributed by atoms with Crippen LogP contribution in [0.5, 0.6) is 0 Å². The molecule has 1 atom stereocenters. The maximum atomic E-state index is 12.4. The molecule has 0 spiro atoms. The Bertz CT molecular complexity index is 556. The number of nitro groups is 1. The van der Waals surface area contributed by atoms with Gasteiger partial charge in [0.25, 0.3) is 11.6 Å². The van der Waals surface area contributed by atoms with Gasteiger partial charge in [0.1, 0.15) is 11.3 Å². The Morgan fingerprint density at radius 3 is 2.80 bits per heavy atom. The van der Waals surface area contributed by atoms with Crippen LogP contribution in [0.1, 0.15) is 30.1 Å². The second-order valence-corrected chi connectivity index (χ2v) is 4.85. The van der Waals surface area contributed by atoms with Crippen molar-refractivity contribution in [1.82, 2.24) is 4.90 Å². The van der Waals surface area contributed by atoms with E-state index in [9.17, 15) is 19.7 Å². The minimum Gasteiger partial charge on any atom is -0.337 e. The van der Waals surface area contributed by atoms with Crippen molar-refractivity contribution in [3.05, 3.63) is 39.9 Å². The summed E-state index contributed by atoms with van der Waals surface area (Å²) in [6.07, 6.45) is 1.00. The Hall–Kier alpha value is -2.24. The number of nitro benzene ring substituents is 1. The predicted octanol–water partition coefficient (Wildman–Crippen LogP) is 2.04. The van der Waals surface area contributed by atoms with Crippen molar-refractivity contribution >= 4 is 17.4 Å². The van der Waals surface area contributed by atoms with Crippen molar-refractivity contribution in [1.29, 1.82) is 0 Å². The van der Waals surface area contributed by atoms with Gasteiger partial charge in [-0.25, -0.2) is 0 Å². The van der Waals surface area contributed by atoms with Gasteiger partial charge < -0.3 is 4.90 Å². The second-order valence-electron chi connectivity index (χ2n) is 4.85. The first kappa shape index (κ1) is 14.2. The Kier molecular flexibility index (Phi) is 4.12. The van der Waals surface area contributed by atoms with Crippen LogP contribution in [-0.2, 0) is 4.79 Å². The van der Waals surface area contributed by atoms with Crippen LogP contribution in [0, 0.1) is 16.0 Å². The second kappa shape index (κ2) is 5.81. The van der Waals surface area contributed by atoms with Gasteiger partial charge >= 0.3 is 0 Å². The molecule has 106 valence electrons. The van der Waals surface area contributed by atoms with Gasteiger partial charge in [-0.3, -0.25) is 19.7 Å². The number of piperidine rings is 1. The molecule has 20 heavy (non-hydrogen) atoms. The zero-order valence-corrected chi connectivity index (χ0v) is 11.2. The van der Waals surface area contributed by atoms with E-state index in [0.717, 1.165) is 0 Å². The molecule has 1 saturated heterocycles. The molecule has 1 aliphatic heterocycles. The molecule has 0 aliphatic carbocycles. The number of rotatable bonds is 3. The lowest BCUT2D eigenvalue weighted by Gasteiger charge is -2.31. The van der Waals surface area contributed by atoms with Gasteiger partial charge in [-0.15, -0.1) is 0 Å². The lowest BCUT2D eigenvalue weighted by molar-refractivity contribution is -0.385. The predicted molar refractivity (Wildman–Crippen MR) is 72.4 cm³/mol. The summed E-state index contributed by atoms with van der Waals surface area (Å²) in [6.45, 7) is 2.59. The number of hydrogen-bond acceptors (Lipinski definition) is 4. The molecule has 6 nitrogen and oxygen atoms in total. The lowest BCUT2D eigenvalue weighted by atomic mass is 9.93. The highest BCUT2D eigenvalue weighted by Crippen LogP contribution is 2.23. The molecule has 0 bridgehead atoms. The van der Waals surface area contributed by atoms with Gasteiger partial charge in [0.15, 0.2) is 0 Å². The van der Waals surface area contributed by atoms with Crippen molar-refractivity contribution in [2.75, 3.05) is 13.1 Å². The smallest absolute Gasteiger partial charge is 0.282 e. The van der Waals surface area contributed by atoms with E-state index in [1.165, 1.54) is 23.1 Å². The average Bonchev–Trinajstić information content (AvgIpc) is 2.47. The number of ketones is 1. The number of carbonyl (C=O) groups excluding carboxylic acids is 2. The maximum absolute atomic E-state index is 12.4. The molecule has 0 aromatic heterocycles. The first-order chi connectivity index (χ1) is 9.54. The normalized spacial score (nSPS) is 18.9. The monoisotopic (exact) mass is 276 g/mol. The van der Waals surface area contributed by atoms with Crippen LogP contribution in [0.25, 0.3) is 0 Å². The summed E-state index contributed by atoms with van der Waals surface area (Å²) < 4.78 is 0.